The maximum Gasteiger partial charge on any atom is 0.433 e. The van der Waals surface area contributed by atoms with Gasteiger partial charge in [0.15, 0.2) is 5.76 Å². The van der Waals surface area contributed by atoms with Crippen molar-refractivity contribution in [3.8, 4) is 0 Å². The van der Waals surface area contributed by atoms with E-state index in [1.807, 2.05) is 13.8 Å². The van der Waals surface area contributed by atoms with Gasteiger partial charge >= 0.3 is 5.88 Å². The van der Waals surface area contributed by atoms with Gasteiger partial charge in [-0.15, -0.1) is 0 Å². The van der Waals surface area contributed by atoms with Crippen molar-refractivity contribution < 1.29 is 18.9 Å². The van der Waals surface area contributed by atoms with Crippen molar-refractivity contribution in [1.82, 2.24) is 9.47 Å². The topological polar surface area (TPSA) is 128 Å². The number of carbonyl (C=O) groups excluding carboxylic acids is 2. The molecule has 10 nitrogen and oxygen atoms in total. The molecule has 2 heterocycles. The molecule has 0 aliphatic heterocycles. The van der Waals surface area contributed by atoms with Gasteiger partial charge in [-0.3, -0.25) is 24.5 Å². The molecule has 0 saturated heterocycles. The molecule has 0 saturated carbocycles. The first kappa shape index (κ1) is 18.9. The second kappa shape index (κ2) is 7.64. The molecule has 0 aromatic carbocycles. The van der Waals surface area contributed by atoms with Gasteiger partial charge in [0.05, 0.1) is 11.6 Å². The zero-order chi connectivity index (χ0) is 19.4. The van der Waals surface area contributed by atoms with Gasteiger partial charge in [0.1, 0.15) is 10.6 Å². The molecule has 0 aliphatic rings. The van der Waals surface area contributed by atoms with Crippen molar-refractivity contribution in [3.63, 3.8) is 0 Å². The molecule has 2 aromatic heterocycles. The molecule has 0 radical (unpaired) electrons. The summed E-state index contributed by atoms with van der Waals surface area (Å²) < 4.78 is 5.98. The summed E-state index contributed by atoms with van der Waals surface area (Å²) in [6.07, 6.45) is 1.39. The number of aryl methyl sites for hydroxylation is 1. The molecule has 0 spiro atoms. The fraction of sp³-hybridized carbons (Fsp3) is 0.312. The second-order valence-electron chi connectivity index (χ2n) is 5.39. The first-order valence-electron chi connectivity index (χ1n) is 7.84. The lowest BCUT2D eigenvalue weighted by atomic mass is 10.2. The Bertz CT molecular complexity index is 910. The van der Waals surface area contributed by atoms with E-state index in [0.717, 1.165) is 12.1 Å². The normalized spacial score (nSPS) is 10.4. The van der Waals surface area contributed by atoms with Crippen LogP contribution < -0.4 is 10.9 Å². The van der Waals surface area contributed by atoms with E-state index in [1.54, 1.807) is 4.90 Å². The Kier molecular flexibility index (Phi) is 5.55. The lowest BCUT2D eigenvalue weighted by Crippen LogP contribution is -2.32. The monoisotopic (exact) mass is 362 g/mol. The molecule has 0 atom stereocenters. The summed E-state index contributed by atoms with van der Waals surface area (Å²) in [7, 11) is 1.45. The zero-order valence-electron chi connectivity index (χ0n) is 14.5. The van der Waals surface area contributed by atoms with Gasteiger partial charge in [0.2, 0.25) is 0 Å². The third-order valence-electron chi connectivity index (χ3n) is 3.72. The molecular weight excluding hydrogens is 344 g/mol. The Morgan fingerprint density at radius 1 is 1.31 bits per heavy atom. The minimum absolute atomic E-state index is 0.130. The van der Waals surface area contributed by atoms with Crippen LogP contribution in [0.3, 0.4) is 0 Å². The fourth-order valence-corrected chi connectivity index (χ4v) is 2.34. The Balaban J connectivity index is 2.33. The van der Waals surface area contributed by atoms with Crippen LogP contribution >= 0.6 is 0 Å². The van der Waals surface area contributed by atoms with Crippen molar-refractivity contribution >= 4 is 23.4 Å². The molecule has 2 rings (SSSR count). The van der Waals surface area contributed by atoms with Crippen molar-refractivity contribution in [2.24, 2.45) is 7.05 Å². The fourth-order valence-electron chi connectivity index (χ4n) is 2.34. The summed E-state index contributed by atoms with van der Waals surface area (Å²) in [4.78, 5) is 48.3. The van der Waals surface area contributed by atoms with Crippen LogP contribution in [-0.2, 0) is 7.05 Å². The third kappa shape index (κ3) is 3.79. The van der Waals surface area contributed by atoms with Gasteiger partial charge < -0.3 is 19.2 Å². The third-order valence-corrected chi connectivity index (χ3v) is 3.72. The minimum Gasteiger partial charge on any atom is -0.395 e. The van der Waals surface area contributed by atoms with Crippen LogP contribution in [0.2, 0.25) is 0 Å². The number of nitrogens with one attached hydrogen (secondary N) is 1. The van der Waals surface area contributed by atoms with E-state index in [1.165, 1.54) is 23.9 Å². The van der Waals surface area contributed by atoms with E-state index in [4.69, 9.17) is 4.42 Å². The molecule has 2 amide bonds. The quantitative estimate of drug-likeness (QED) is 0.614. The summed E-state index contributed by atoms with van der Waals surface area (Å²) in [5.74, 6) is -2.02. The highest BCUT2D eigenvalue weighted by atomic mass is 16.6. The van der Waals surface area contributed by atoms with E-state index in [0.29, 0.717) is 13.1 Å². The number of pyridine rings is 1. The Hall–Kier alpha value is -3.43. The molecule has 0 aliphatic carbocycles. The summed E-state index contributed by atoms with van der Waals surface area (Å²) in [6, 6.07) is 3.44. The molecule has 1 N–H and O–H groups in total. The second-order valence-corrected chi connectivity index (χ2v) is 5.39. The van der Waals surface area contributed by atoms with Crippen molar-refractivity contribution in [3.05, 3.63) is 56.2 Å². The summed E-state index contributed by atoms with van der Waals surface area (Å²) in [6.45, 7) is 4.65. The Labute approximate surface area is 148 Å². The van der Waals surface area contributed by atoms with Crippen LogP contribution in [0.4, 0.5) is 11.6 Å². The van der Waals surface area contributed by atoms with Crippen molar-refractivity contribution in [1.29, 1.82) is 0 Å². The molecule has 0 bridgehead atoms. The van der Waals surface area contributed by atoms with Gasteiger partial charge in [-0.25, -0.2) is 0 Å². The lowest BCUT2D eigenvalue weighted by Gasteiger charge is -2.19. The van der Waals surface area contributed by atoms with Crippen LogP contribution in [0.5, 0.6) is 0 Å². The Morgan fingerprint density at radius 3 is 2.50 bits per heavy atom. The van der Waals surface area contributed by atoms with Crippen molar-refractivity contribution in [2.75, 3.05) is 18.4 Å². The van der Waals surface area contributed by atoms with Gasteiger partial charge in [-0.2, -0.15) is 0 Å². The van der Waals surface area contributed by atoms with Gasteiger partial charge in [-0.05, 0) is 26.0 Å². The first-order valence-corrected chi connectivity index (χ1v) is 7.84. The predicted molar refractivity (Wildman–Crippen MR) is 92.3 cm³/mol. The predicted octanol–water partition coefficient (Wildman–Crippen LogP) is 1.62. The molecular formula is C16H18N4O6. The first-order chi connectivity index (χ1) is 12.3. The molecule has 0 fully saturated rings. The van der Waals surface area contributed by atoms with E-state index < -0.39 is 22.3 Å². The highest BCUT2D eigenvalue weighted by Gasteiger charge is 2.20. The molecule has 10 heteroatoms. The van der Waals surface area contributed by atoms with Gasteiger partial charge in [0, 0.05) is 26.3 Å². The minimum atomic E-state index is -0.831. The van der Waals surface area contributed by atoms with E-state index >= 15 is 0 Å². The largest absolute Gasteiger partial charge is 0.433 e. The van der Waals surface area contributed by atoms with Crippen LogP contribution in [-0.4, -0.2) is 39.3 Å². The highest BCUT2D eigenvalue weighted by molar-refractivity contribution is 6.03. The standard InChI is InChI=1S/C16H18N4O6/c1-4-19(5-2)15(22)10-8-11(16(23)18(3)9-10)17-14(21)12-6-7-13(26-12)20(24)25/h6-9H,4-5H2,1-3H3,(H,17,21). The van der Waals surface area contributed by atoms with Crippen LogP contribution in [0.25, 0.3) is 0 Å². The highest BCUT2D eigenvalue weighted by Crippen LogP contribution is 2.17. The van der Waals surface area contributed by atoms with Gasteiger partial charge in [0.25, 0.3) is 17.4 Å². The number of hydrogen-bond donors (Lipinski definition) is 1. The molecule has 26 heavy (non-hydrogen) atoms. The van der Waals surface area contributed by atoms with Crippen LogP contribution in [0.15, 0.2) is 33.6 Å². The molecule has 0 unspecified atom stereocenters. The lowest BCUT2D eigenvalue weighted by molar-refractivity contribution is -0.402. The summed E-state index contributed by atoms with van der Waals surface area (Å²) in [5.41, 5.74) is -0.429. The number of carbonyl (C=O) groups is 2. The number of amides is 2. The number of anilines is 1. The van der Waals surface area contributed by atoms with Crippen LogP contribution in [0.1, 0.15) is 34.8 Å². The Morgan fingerprint density at radius 2 is 1.96 bits per heavy atom. The van der Waals surface area contributed by atoms with E-state index in [2.05, 4.69) is 5.32 Å². The molecule has 138 valence electrons. The van der Waals surface area contributed by atoms with E-state index in [9.17, 15) is 24.5 Å². The molecule has 2 aromatic rings. The van der Waals surface area contributed by atoms with E-state index in [-0.39, 0.29) is 22.9 Å². The number of hydrogen-bond acceptors (Lipinski definition) is 6. The maximum atomic E-state index is 12.5. The smallest absolute Gasteiger partial charge is 0.395 e. The van der Waals surface area contributed by atoms with Gasteiger partial charge in [-0.1, -0.05) is 0 Å². The average molecular weight is 362 g/mol. The number of nitrogens with zero attached hydrogens (tertiary/aromatic N) is 3. The SMILES string of the molecule is CCN(CC)C(=O)c1cc(NC(=O)c2ccc([N+](=O)[O-])o2)c(=O)n(C)c1. The summed E-state index contributed by atoms with van der Waals surface area (Å²) >= 11 is 0. The number of furan rings is 1. The zero-order valence-corrected chi connectivity index (χ0v) is 14.5. The van der Waals surface area contributed by atoms with Crippen molar-refractivity contribution in [2.45, 2.75) is 13.8 Å². The summed E-state index contributed by atoms with van der Waals surface area (Å²) in [5, 5.41) is 12.9. The number of nitro groups is 1. The maximum absolute atomic E-state index is 12.5. The average Bonchev–Trinajstić information content (AvgIpc) is 3.10. The van der Waals surface area contributed by atoms with Crippen LogP contribution in [0, 0.1) is 10.1 Å². The number of rotatable bonds is 6. The number of aromatic nitrogens is 1.